The number of halogens is 1. The molecule has 0 amide bonds. The lowest BCUT2D eigenvalue weighted by atomic mass is 10.1. The van der Waals surface area contributed by atoms with Gasteiger partial charge in [0.25, 0.3) is 0 Å². The van der Waals surface area contributed by atoms with Gasteiger partial charge in [-0.1, -0.05) is 15.9 Å². The summed E-state index contributed by atoms with van der Waals surface area (Å²) >= 11 is 3.45. The summed E-state index contributed by atoms with van der Waals surface area (Å²) in [5.74, 6) is 1.23. The van der Waals surface area contributed by atoms with E-state index >= 15 is 0 Å². The number of nitrogens with zero attached hydrogens (tertiary/aromatic N) is 2. The van der Waals surface area contributed by atoms with E-state index in [1.165, 1.54) is 6.26 Å². The summed E-state index contributed by atoms with van der Waals surface area (Å²) < 4.78 is 23.5. The van der Waals surface area contributed by atoms with Crippen LogP contribution in [0.3, 0.4) is 0 Å². The molecule has 2 rings (SSSR count). The van der Waals surface area contributed by atoms with E-state index in [1.54, 1.807) is 18.3 Å². The lowest BCUT2D eigenvalue weighted by Crippen LogP contribution is -2.23. The maximum absolute atomic E-state index is 11.7. The Morgan fingerprint density at radius 2 is 2.33 bits per heavy atom. The molecule has 100 valence electrons. The van der Waals surface area contributed by atoms with Gasteiger partial charge in [-0.2, -0.15) is 0 Å². The van der Waals surface area contributed by atoms with Crippen molar-refractivity contribution in [3.8, 4) is 0 Å². The highest BCUT2D eigenvalue weighted by Gasteiger charge is 2.26. The second-order valence-corrected chi connectivity index (χ2v) is 7.45. The third-order valence-corrected chi connectivity index (χ3v) is 4.83. The molecule has 1 saturated heterocycles. The predicted molar refractivity (Wildman–Crippen MR) is 76.1 cm³/mol. The average molecular weight is 333 g/mol. The molecule has 0 aromatic carbocycles. The Morgan fingerprint density at radius 1 is 1.56 bits per heavy atom. The van der Waals surface area contributed by atoms with Gasteiger partial charge < -0.3 is 4.90 Å². The van der Waals surface area contributed by atoms with E-state index in [0.717, 1.165) is 31.3 Å². The maximum Gasteiger partial charge on any atom is 0.179 e. The lowest BCUT2D eigenvalue weighted by Gasteiger charge is -2.19. The molecular weight excluding hydrogens is 316 g/mol. The van der Waals surface area contributed by atoms with E-state index in [0.29, 0.717) is 16.6 Å². The molecular formula is C12H17BrN2O2S. The summed E-state index contributed by atoms with van der Waals surface area (Å²) in [5.41, 5.74) is 0. The molecule has 0 radical (unpaired) electrons. The zero-order valence-corrected chi connectivity index (χ0v) is 12.7. The Bertz CT molecular complexity index is 519. The molecule has 6 heteroatoms. The van der Waals surface area contributed by atoms with Crippen molar-refractivity contribution in [2.75, 3.05) is 29.6 Å². The Morgan fingerprint density at radius 3 is 3.00 bits per heavy atom. The van der Waals surface area contributed by atoms with E-state index in [2.05, 4.69) is 25.8 Å². The molecule has 0 spiro atoms. The summed E-state index contributed by atoms with van der Waals surface area (Å²) in [4.78, 5) is 6.68. The lowest BCUT2D eigenvalue weighted by molar-refractivity contribution is 0.574. The van der Waals surface area contributed by atoms with Gasteiger partial charge in [-0.05, 0) is 30.9 Å². The van der Waals surface area contributed by atoms with Gasteiger partial charge in [-0.15, -0.1) is 0 Å². The highest BCUT2D eigenvalue weighted by molar-refractivity contribution is 9.09. The third kappa shape index (κ3) is 3.03. The summed E-state index contributed by atoms with van der Waals surface area (Å²) in [7, 11) is -3.21. The SMILES string of the molecule is CS(=O)(=O)c1cccnc1N1CCC(CCBr)C1. The fourth-order valence-electron chi connectivity index (χ4n) is 2.32. The van der Waals surface area contributed by atoms with Gasteiger partial charge in [-0.3, -0.25) is 0 Å². The maximum atomic E-state index is 11.7. The minimum absolute atomic E-state index is 0.337. The molecule has 1 aliphatic rings. The first kappa shape index (κ1) is 13.8. The van der Waals surface area contributed by atoms with Gasteiger partial charge in [0.05, 0.1) is 0 Å². The number of rotatable bonds is 4. The zero-order chi connectivity index (χ0) is 13.2. The fraction of sp³-hybridized carbons (Fsp3) is 0.583. The normalized spacial score (nSPS) is 20.3. The van der Waals surface area contributed by atoms with E-state index in [-0.39, 0.29) is 0 Å². The fourth-order valence-corrected chi connectivity index (χ4v) is 3.81. The van der Waals surface area contributed by atoms with E-state index in [4.69, 9.17) is 0 Å². The zero-order valence-electron chi connectivity index (χ0n) is 10.3. The van der Waals surface area contributed by atoms with Crippen LogP contribution in [0.2, 0.25) is 0 Å². The van der Waals surface area contributed by atoms with Crippen LogP contribution in [0.5, 0.6) is 0 Å². The van der Waals surface area contributed by atoms with Crippen molar-refractivity contribution in [3.05, 3.63) is 18.3 Å². The van der Waals surface area contributed by atoms with Crippen LogP contribution >= 0.6 is 15.9 Å². The molecule has 0 bridgehead atoms. The number of alkyl halides is 1. The van der Waals surface area contributed by atoms with Crippen LogP contribution in [0.25, 0.3) is 0 Å². The average Bonchev–Trinajstić information content (AvgIpc) is 2.77. The van der Waals surface area contributed by atoms with Gasteiger partial charge in [0.15, 0.2) is 9.84 Å². The van der Waals surface area contributed by atoms with E-state index < -0.39 is 9.84 Å². The molecule has 4 nitrogen and oxygen atoms in total. The second-order valence-electron chi connectivity index (χ2n) is 4.68. The minimum atomic E-state index is -3.21. The van der Waals surface area contributed by atoms with Crippen molar-refractivity contribution < 1.29 is 8.42 Å². The summed E-state index contributed by atoms with van der Waals surface area (Å²) in [6.45, 7) is 1.78. The van der Waals surface area contributed by atoms with Gasteiger partial charge in [0, 0.05) is 30.9 Å². The van der Waals surface area contributed by atoms with Crippen LogP contribution in [0.1, 0.15) is 12.8 Å². The summed E-state index contributed by atoms with van der Waals surface area (Å²) in [6.07, 6.45) is 5.12. The van der Waals surface area contributed by atoms with Crippen molar-refractivity contribution in [3.63, 3.8) is 0 Å². The molecule has 0 N–H and O–H groups in total. The topological polar surface area (TPSA) is 50.3 Å². The van der Waals surface area contributed by atoms with Gasteiger partial charge in [0.1, 0.15) is 10.7 Å². The Labute approximate surface area is 116 Å². The van der Waals surface area contributed by atoms with Gasteiger partial charge >= 0.3 is 0 Å². The number of hydrogen-bond donors (Lipinski definition) is 0. The molecule has 1 aliphatic heterocycles. The number of hydrogen-bond acceptors (Lipinski definition) is 4. The Hall–Kier alpha value is -0.620. The van der Waals surface area contributed by atoms with E-state index in [9.17, 15) is 8.42 Å². The van der Waals surface area contributed by atoms with Crippen molar-refractivity contribution in [1.82, 2.24) is 4.98 Å². The van der Waals surface area contributed by atoms with Crippen molar-refractivity contribution in [2.45, 2.75) is 17.7 Å². The first-order chi connectivity index (χ1) is 8.52. The summed E-state index contributed by atoms with van der Waals surface area (Å²) in [5, 5.41) is 0.993. The highest BCUT2D eigenvalue weighted by atomic mass is 79.9. The molecule has 0 aliphatic carbocycles. The van der Waals surface area contributed by atoms with Crippen LogP contribution in [0.15, 0.2) is 23.2 Å². The first-order valence-corrected chi connectivity index (χ1v) is 8.99. The van der Waals surface area contributed by atoms with Crippen molar-refractivity contribution in [1.29, 1.82) is 0 Å². The molecule has 1 aromatic rings. The van der Waals surface area contributed by atoms with Crippen LogP contribution in [0.4, 0.5) is 5.82 Å². The number of sulfone groups is 1. The molecule has 1 fully saturated rings. The Balaban J connectivity index is 2.25. The van der Waals surface area contributed by atoms with Gasteiger partial charge in [-0.25, -0.2) is 13.4 Å². The van der Waals surface area contributed by atoms with Crippen LogP contribution in [-0.4, -0.2) is 38.1 Å². The quantitative estimate of drug-likeness (QED) is 0.792. The third-order valence-electron chi connectivity index (χ3n) is 3.25. The van der Waals surface area contributed by atoms with Crippen molar-refractivity contribution in [2.24, 2.45) is 5.92 Å². The van der Waals surface area contributed by atoms with Crippen LogP contribution in [0, 0.1) is 5.92 Å². The highest BCUT2D eigenvalue weighted by Crippen LogP contribution is 2.29. The monoisotopic (exact) mass is 332 g/mol. The minimum Gasteiger partial charge on any atom is -0.355 e. The molecule has 18 heavy (non-hydrogen) atoms. The summed E-state index contributed by atoms with van der Waals surface area (Å²) in [6, 6.07) is 3.31. The second kappa shape index (κ2) is 5.57. The number of pyridine rings is 1. The Kier molecular flexibility index (Phi) is 4.27. The smallest absolute Gasteiger partial charge is 0.179 e. The number of aromatic nitrogens is 1. The largest absolute Gasteiger partial charge is 0.355 e. The number of anilines is 1. The molecule has 2 heterocycles. The molecule has 1 unspecified atom stereocenters. The molecule has 0 saturated carbocycles. The molecule has 1 aromatic heterocycles. The first-order valence-electron chi connectivity index (χ1n) is 5.98. The van der Waals surface area contributed by atoms with E-state index in [1.807, 2.05) is 0 Å². The standard InChI is InChI=1S/C12H17BrN2O2S/c1-18(16,17)11-3-2-7-14-12(11)15-8-5-10(9-15)4-6-13/h2-3,7,10H,4-6,8-9H2,1H3. The van der Waals surface area contributed by atoms with Crippen molar-refractivity contribution >= 4 is 31.6 Å². The van der Waals surface area contributed by atoms with Crippen LogP contribution in [-0.2, 0) is 9.84 Å². The van der Waals surface area contributed by atoms with Crippen LogP contribution < -0.4 is 4.90 Å². The predicted octanol–water partition coefficient (Wildman–Crippen LogP) is 2.10. The van der Waals surface area contributed by atoms with Gasteiger partial charge in [0.2, 0.25) is 0 Å². The molecule has 1 atom stereocenters.